The van der Waals surface area contributed by atoms with Gasteiger partial charge in [0.2, 0.25) is 11.1 Å². The van der Waals surface area contributed by atoms with Crippen LogP contribution in [0.25, 0.3) is 5.69 Å². The molecular weight excluding hydrogens is 414 g/mol. The molecule has 0 unspecified atom stereocenters. The minimum absolute atomic E-state index is 0.144. The van der Waals surface area contributed by atoms with E-state index in [0.717, 1.165) is 5.56 Å². The van der Waals surface area contributed by atoms with Gasteiger partial charge in [-0.25, -0.2) is 0 Å². The van der Waals surface area contributed by atoms with Gasteiger partial charge >= 0.3 is 0 Å². The first kappa shape index (κ1) is 20.4. The summed E-state index contributed by atoms with van der Waals surface area (Å²) in [5.74, 6) is 0.577. The van der Waals surface area contributed by atoms with Crippen LogP contribution in [0.2, 0.25) is 0 Å². The average Bonchev–Trinajstić information content (AvgIpc) is 3.27. The van der Waals surface area contributed by atoms with Crippen molar-refractivity contribution in [1.82, 2.24) is 20.2 Å². The van der Waals surface area contributed by atoms with E-state index in [2.05, 4.69) is 20.8 Å². The third kappa shape index (κ3) is 4.84. The fraction of sp³-hybridized carbons (Fsp3) is 0.0909. The summed E-state index contributed by atoms with van der Waals surface area (Å²) in [5, 5.41) is 24.2. The van der Waals surface area contributed by atoms with Gasteiger partial charge in [-0.1, -0.05) is 48.2 Å². The van der Waals surface area contributed by atoms with Gasteiger partial charge in [0.25, 0.3) is 0 Å². The Morgan fingerprint density at radius 3 is 2.58 bits per heavy atom. The first-order valence-corrected chi connectivity index (χ1v) is 10.3. The first-order valence-electron chi connectivity index (χ1n) is 9.38. The van der Waals surface area contributed by atoms with E-state index in [4.69, 9.17) is 4.74 Å². The van der Waals surface area contributed by atoms with Crippen LogP contribution in [0.4, 0.5) is 5.69 Å². The molecule has 1 heterocycles. The predicted octanol–water partition coefficient (Wildman–Crippen LogP) is 3.85. The monoisotopic (exact) mass is 433 g/mol. The van der Waals surface area contributed by atoms with Gasteiger partial charge in [0, 0.05) is 11.8 Å². The van der Waals surface area contributed by atoms with E-state index in [0.29, 0.717) is 22.3 Å². The fourth-order valence-electron chi connectivity index (χ4n) is 2.92. The van der Waals surface area contributed by atoms with E-state index in [1.165, 1.54) is 16.4 Å². The standard InChI is InChI=1S/C22H19N5O3S/c1-30-19-9-5-8-16(14-19)23-21(29)20(15-6-3-2-4-7-15)31-22-24-25-26-27(22)17-10-12-18(28)13-11-17/h2-14,20,28H,1H3,(H,23,29)/t20-/m0/s1. The minimum atomic E-state index is -0.603. The number of carbonyl (C=O) groups is 1. The molecule has 0 saturated carbocycles. The number of amides is 1. The molecule has 1 aromatic heterocycles. The minimum Gasteiger partial charge on any atom is -0.508 e. The van der Waals surface area contributed by atoms with E-state index < -0.39 is 5.25 Å². The lowest BCUT2D eigenvalue weighted by atomic mass is 10.1. The zero-order valence-corrected chi connectivity index (χ0v) is 17.4. The highest BCUT2D eigenvalue weighted by atomic mass is 32.2. The average molecular weight is 433 g/mol. The van der Waals surface area contributed by atoms with E-state index in [-0.39, 0.29) is 11.7 Å². The molecular formula is C22H19N5O3S. The largest absolute Gasteiger partial charge is 0.508 e. The van der Waals surface area contributed by atoms with E-state index in [9.17, 15) is 9.90 Å². The quantitative estimate of drug-likeness (QED) is 0.427. The summed E-state index contributed by atoms with van der Waals surface area (Å²) in [6.07, 6.45) is 0. The van der Waals surface area contributed by atoms with E-state index >= 15 is 0 Å². The molecule has 0 aliphatic heterocycles. The third-order valence-electron chi connectivity index (χ3n) is 4.44. The summed E-state index contributed by atoms with van der Waals surface area (Å²) >= 11 is 1.23. The summed E-state index contributed by atoms with van der Waals surface area (Å²) in [5.41, 5.74) is 2.11. The molecule has 9 heteroatoms. The van der Waals surface area contributed by atoms with Crippen LogP contribution in [-0.2, 0) is 4.79 Å². The van der Waals surface area contributed by atoms with Crippen LogP contribution < -0.4 is 10.1 Å². The molecule has 0 aliphatic rings. The third-order valence-corrected chi connectivity index (χ3v) is 5.62. The molecule has 1 atom stereocenters. The normalized spacial score (nSPS) is 11.6. The number of phenols is 1. The van der Waals surface area contributed by atoms with Crippen molar-refractivity contribution in [2.75, 3.05) is 12.4 Å². The summed E-state index contributed by atoms with van der Waals surface area (Å²) in [6.45, 7) is 0. The number of carbonyl (C=O) groups excluding carboxylic acids is 1. The van der Waals surface area contributed by atoms with Gasteiger partial charge in [-0.3, -0.25) is 4.79 Å². The van der Waals surface area contributed by atoms with Crippen molar-refractivity contribution in [3.05, 3.63) is 84.4 Å². The number of tetrazole rings is 1. The van der Waals surface area contributed by atoms with Crippen LogP contribution in [0.1, 0.15) is 10.8 Å². The smallest absolute Gasteiger partial charge is 0.242 e. The summed E-state index contributed by atoms with van der Waals surface area (Å²) in [6, 6.07) is 23.1. The molecule has 3 aromatic carbocycles. The summed E-state index contributed by atoms with van der Waals surface area (Å²) in [4.78, 5) is 13.2. The molecule has 0 bridgehead atoms. The second-order valence-electron chi connectivity index (χ2n) is 6.52. The fourth-order valence-corrected chi connectivity index (χ4v) is 3.92. The zero-order valence-electron chi connectivity index (χ0n) is 16.5. The number of rotatable bonds is 7. The van der Waals surface area contributed by atoms with Crippen LogP contribution in [0.15, 0.2) is 84.0 Å². The number of anilines is 1. The highest BCUT2D eigenvalue weighted by molar-refractivity contribution is 8.00. The van der Waals surface area contributed by atoms with Crippen LogP contribution in [-0.4, -0.2) is 38.3 Å². The van der Waals surface area contributed by atoms with Crippen molar-refractivity contribution in [2.45, 2.75) is 10.4 Å². The Balaban J connectivity index is 1.63. The molecule has 0 aliphatic carbocycles. The van der Waals surface area contributed by atoms with Crippen molar-refractivity contribution in [3.8, 4) is 17.2 Å². The van der Waals surface area contributed by atoms with Crippen LogP contribution in [0, 0.1) is 0 Å². The van der Waals surface area contributed by atoms with Gasteiger partial charge in [-0.15, -0.1) is 5.10 Å². The van der Waals surface area contributed by atoms with Crippen molar-refractivity contribution in [3.63, 3.8) is 0 Å². The lowest BCUT2D eigenvalue weighted by Crippen LogP contribution is -2.19. The number of nitrogens with zero attached hydrogens (tertiary/aromatic N) is 4. The summed E-state index contributed by atoms with van der Waals surface area (Å²) < 4.78 is 6.76. The number of hydrogen-bond acceptors (Lipinski definition) is 7. The topological polar surface area (TPSA) is 102 Å². The van der Waals surface area contributed by atoms with Crippen molar-refractivity contribution >= 4 is 23.4 Å². The maximum absolute atomic E-state index is 13.2. The van der Waals surface area contributed by atoms with E-state index in [1.807, 2.05) is 42.5 Å². The number of aromatic hydroxyl groups is 1. The Morgan fingerprint density at radius 1 is 1.06 bits per heavy atom. The van der Waals surface area contributed by atoms with Crippen molar-refractivity contribution in [2.24, 2.45) is 0 Å². The molecule has 2 N–H and O–H groups in total. The molecule has 4 aromatic rings. The molecule has 0 saturated heterocycles. The maximum atomic E-state index is 13.2. The Hall–Kier alpha value is -3.85. The van der Waals surface area contributed by atoms with Gasteiger partial charge in [0.05, 0.1) is 12.8 Å². The zero-order chi connectivity index (χ0) is 21.6. The van der Waals surface area contributed by atoms with Gasteiger partial charge in [-0.05, 0) is 52.4 Å². The van der Waals surface area contributed by atoms with Gasteiger partial charge in [0.15, 0.2) is 0 Å². The molecule has 1 amide bonds. The Morgan fingerprint density at radius 2 is 1.84 bits per heavy atom. The van der Waals surface area contributed by atoms with Gasteiger partial charge < -0.3 is 15.2 Å². The Bertz CT molecular complexity index is 1170. The number of methoxy groups -OCH3 is 1. The molecule has 4 rings (SSSR count). The second-order valence-corrected chi connectivity index (χ2v) is 7.59. The summed E-state index contributed by atoms with van der Waals surface area (Å²) in [7, 11) is 1.58. The lowest BCUT2D eigenvalue weighted by Gasteiger charge is -2.17. The predicted molar refractivity (Wildman–Crippen MR) is 117 cm³/mol. The molecule has 0 radical (unpaired) electrons. The Kier molecular flexibility index (Phi) is 6.13. The highest BCUT2D eigenvalue weighted by Crippen LogP contribution is 2.36. The van der Waals surface area contributed by atoms with Gasteiger partial charge in [0.1, 0.15) is 16.7 Å². The molecule has 0 spiro atoms. The first-order chi connectivity index (χ1) is 15.1. The number of phenolic OH excluding ortho intramolecular Hbond substituents is 1. The number of ether oxygens (including phenoxy) is 1. The maximum Gasteiger partial charge on any atom is 0.242 e. The van der Waals surface area contributed by atoms with Crippen LogP contribution in [0.5, 0.6) is 11.5 Å². The van der Waals surface area contributed by atoms with E-state index in [1.54, 1.807) is 43.5 Å². The number of thioether (sulfide) groups is 1. The Labute approximate surface area is 182 Å². The number of hydrogen-bond donors (Lipinski definition) is 2. The molecule has 31 heavy (non-hydrogen) atoms. The molecule has 156 valence electrons. The van der Waals surface area contributed by atoms with Crippen LogP contribution >= 0.6 is 11.8 Å². The number of nitrogens with one attached hydrogen (secondary N) is 1. The van der Waals surface area contributed by atoms with Gasteiger partial charge in [-0.2, -0.15) is 4.68 Å². The number of benzene rings is 3. The van der Waals surface area contributed by atoms with Crippen LogP contribution in [0.3, 0.4) is 0 Å². The number of aromatic nitrogens is 4. The molecule has 8 nitrogen and oxygen atoms in total. The second kappa shape index (κ2) is 9.31. The lowest BCUT2D eigenvalue weighted by molar-refractivity contribution is -0.115. The SMILES string of the molecule is COc1cccc(NC(=O)[C@@H](Sc2nnnn2-c2ccc(O)cc2)c2ccccc2)c1. The molecule has 0 fully saturated rings. The highest BCUT2D eigenvalue weighted by Gasteiger charge is 2.25. The van der Waals surface area contributed by atoms with Crippen molar-refractivity contribution in [1.29, 1.82) is 0 Å². The van der Waals surface area contributed by atoms with Crippen molar-refractivity contribution < 1.29 is 14.6 Å².